The molecule has 0 amide bonds. The highest BCUT2D eigenvalue weighted by Gasteiger charge is 2.20. The molecule has 0 aromatic carbocycles. The summed E-state index contributed by atoms with van der Waals surface area (Å²) in [4.78, 5) is 12.6. The van der Waals surface area contributed by atoms with Crippen LogP contribution in [0.1, 0.15) is 36.6 Å². The van der Waals surface area contributed by atoms with E-state index < -0.39 is 0 Å². The minimum Gasteiger partial charge on any atom is -0.356 e. The highest BCUT2D eigenvalue weighted by molar-refractivity contribution is 7.11. The van der Waals surface area contributed by atoms with Crippen molar-refractivity contribution < 1.29 is 0 Å². The molecule has 2 N–H and O–H groups in total. The van der Waals surface area contributed by atoms with Gasteiger partial charge in [-0.05, 0) is 38.1 Å². The summed E-state index contributed by atoms with van der Waals surface area (Å²) < 4.78 is 0. The van der Waals surface area contributed by atoms with Crippen LogP contribution in [-0.4, -0.2) is 55.6 Å². The zero-order valence-corrected chi connectivity index (χ0v) is 16.5. The number of aliphatic imine (C=N–C) groups is 1. The van der Waals surface area contributed by atoms with Gasteiger partial charge in [0.15, 0.2) is 5.96 Å². The predicted octanol–water partition coefficient (Wildman–Crippen LogP) is 2.53. The Morgan fingerprint density at radius 1 is 1.46 bits per heavy atom. The van der Waals surface area contributed by atoms with Gasteiger partial charge in [-0.15, -0.1) is 11.3 Å². The number of likely N-dealkylation sites (tertiary alicyclic amines) is 1. The van der Waals surface area contributed by atoms with Crippen molar-refractivity contribution in [3.05, 3.63) is 16.1 Å². The lowest BCUT2D eigenvalue weighted by Gasteiger charge is -2.34. The molecule has 1 saturated heterocycles. The molecule has 136 valence electrons. The van der Waals surface area contributed by atoms with E-state index in [9.17, 15) is 0 Å². The molecule has 1 atom stereocenters. The molecule has 24 heavy (non-hydrogen) atoms. The summed E-state index contributed by atoms with van der Waals surface area (Å²) in [5, 5.41) is 8.09. The molecular formula is C18H33N5S. The maximum atomic E-state index is 4.40. The van der Waals surface area contributed by atoms with Crippen molar-refractivity contribution >= 4 is 17.3 Å². The maximum Gasteiger partial charge on any atom is 0.191 e. The minimum atomic E-state index is 0.720. The lowest BCUT2D eigenvalue weighted by atomic mass is 9.97. The third kappa shape index (κ3) is 6.77. The highest BCUT2D eigenvalue weighted by atomic mass is 32.1. The second-order valence-electron chi connectivity index (χ2n) is 7.16. The molecule has 2 rings (SSSR count). The molecule has 1 aliphatic rings. The molecule has 1 fully saturated rings. The molecule has 0 spiro atoms. The van der Waals surface area contributed by atoms with Gasteiger partial charge in [0.2, 0.25) is 0 Å². The van der Waals surface area contributed by atoms with Crippen LogP contribution in [0, 0.1) is 18.8 Å². The molecule has 0 aliphatic carbocycles. The number of guanidine groups is 1. The van der Waals surface area contributed by atoms with Crippen LogP contribution < -0.4 is 10.6 Å². The lowest BCUT2D eigenvalue weighted by Crippen LogP contribution is -2.45. The van der Waals surface area contributed by atoms with E-state index >= 15 is 0 Å². The van der Waals surface area contributed by atoms with E-state index in [1.807, 2.05) is 13.2 Å². The van der Waals surface area contributed by atoms with Crippen LogP contribution in [0.2, 0.25) is 0 Å². The summed E-state index contributed by atoms with van der Waals surface area (Å²) in [7, 11) is 1.84. The van der Waals surface area contributed by atoms with Crippen LogP contribution in [0.25, 0.3) is 0 Å². The van der Waals surface area contributed by atoms with E-state index in [1.165, 1.54) is 42.4 Å². The monoisotopic (exact) mass is 351 g/mol. The quantitative estimate of drug-likeness (QED) is 0.585. The van der Waals surface area contributed by atoms with Crippen molar-refractivity contribution in [2.24, 2.45) is 16.8 Å². The Morgan fingerprint density at radius 3 is 2.96 bits per heavy atom. The summed E-state index contributed by atoms with van der Waals surface area (Å²) in [6.45, 7) is 12.3. The summed E-state index contributed by atoms with van der Waals surface area (Å²) in [6.07, 6.45) is 5.52. The Labute approximate surface area is 151 Å². The van der Waals surface area contributed by atoms with Crippen LogP contribution in [0.5, 0.6) is 0 Å². The molecule has 2 heterocycles. The van der Waals surface area contributed by atoms with Crippen LogP contribution in [-0.2, 0) is 6.42 Å². The average molecular weight is 352 g/mol. The van der Waals surface area contributed by atoms with Gasteiger partial charge in [-0.3, -0.25) is 4.99 Å². The molecule has 1 unspecified atom stereocenters. The molecule has 0 bridgehead atoms. The standard InChI is InChI=1S/C18H33N5S/c1-14(2)12-23-9-5-6-16(13-23)11-22-18(19-4)20-8-7-17-21-10-15(3)24-17/h10,14,16H,5-9,11-13H2,1-4H3,(H2,19,20,22). The first kappa shape index (κ1) is 19.2. The molecule has 6 heteroatoms. The normalized spacial score (nSPS) is 19.7. The third-order valence-corrected chi connectivity index (χ3v) is 5.28. The van der Waals surface area contributed by atoms with Crippen molar-refractivity contribution in [2.45, 2.75) is 40.0 Å². The third-order valence-electron chi connectivity index (χ3n) is 4.31. The number of nitrogens with zero attached hydrogens (tertiary/aromatic N) is 3. The summed E-state index contributed by atoms with van der Waals surface area (Å²) in [6, 6.07) is 0. The van der Waals surface area contributed by atoms with Gasteiger partial charge in [0.05, 0.1) is 5.01 Å². The SMILES string of the molecule is CN=C(NCCc1ncc(C)s1)NCC1CCCN(CC(C)C)C1. The van der Waals surface area contributed by atoms with Crippen LogP contribution >= 0.6 is 11.3 Å². The van der Waals surface area contributed by atoms with E-state index in [0.717, 1.165) is 37.3 Å². The van der Waals surface area contributed by atoms with Crippen molar-refractivity contribution in [2.75, 3.05) is 39.8 Å². The first-order chi connectivity index (χ1) is 11.6. The van der Waals surface area contributed by atoms with Gasteiger partial charge in [-0.1, -0.05) is 13.8 Å². The molecule has 5 nitrogen and oxygen atoms in total. The van der Waals surface area contributed by atoms with E-state index in [2.05, 4.69) is 46.3 Å². The fourth-order valence-corrected chi connectivity index (χ4v) is 4.05. The second-order valence-corrected chi connectivity index (χ2v) is 8.48. The van der Waals surface area contributed by atoms with E-state index in [4.69, 9.17) is 0 Å². The Balaban J connectivity index is 1.67. The van der Waals surface area contributed by atoms with Gasteiger partial charge < -0.3 is 15.5 Å². The number of rotatable bonds is 7. The zero-order chi connectivity index (χ0) is 17.4. The number of hydrogen-bond donors (Lipinski definition) is 2. The number of nitrogens with one attached hydrogen (secondary N) is 2. The Kier molecular flexibility index (Phi) is 7.99. The van der Waals surface area contributed by atoms with Crippen LogP contribution in [0.3, 0.4) is 0 Å². The number of hydrogen-bond acceptors (Lipinski definition) is 4. The fourth-order valence-electron chi connectivity index (χ4n) is 3.27. The fraction of sp³-hybridized carbons (Fsp3) is 0.778. The van der Waals surface area contributed by atoms with Gasteiger partial charge in [0.1, 0.15) is 0 Å². The minimum absolute atomic E-state index is 0.720. The predicted molar refractivity (Wildman–Crippen MR) is 104 cm³/mol. The first-order valence-electron chi connectivity index (χ1n) is 9.15. The molecule has 1 aromatic heterocycles. The van der Waals surface area contributed by atoms with Crippen molar-refractivity contribution in [1.82, 2.24) is 20.5 Å². The molecular weight excluding hydrogens is 318 g/mol. The smallest absolute Gasteiger partial charge is 0.191 e. The second kappa shape index (κ2) is 9.99. The van der Waals surface area contributed by atoms with E-state index in [-0.39, 0.29) is 0 Å². The van der Waals surface area contributed by atoms with Gasteiger partial charge in [-0.25, -0.2) is 4.98 Å². The van der Waals surface area contributed by atoms with Gasteiger partial charge in [-0.2, -0.15) is 0 Å². The number of aryl methyl sites for hydroxylation is 1. The first-order valence-corrected chi connectivity index (χ1v) is 9.96. The van der Waals surface area contributed by atoms with Gasteiger partial charge in [0.25, 0.3) is 0 Å². The van der Waals surface area contributed by atoms with Crippen LogP contribution in [0.15, 0.2) is 11.2 Å². The zero-order valence-electron chi connectivity index (χ0n) is 15.6. The Morgan fingerprint density at radius 2 is 2.29 bits per heavy atom. The maximum absolute atomic E-state index is 4.40. The number of piperidine rings is 1. The average Bonchev–Trinajstić information content (AvgIpc) is 2.96. The molecule has 0 saturated carbocycles. The highest BCUT2D eigenvalue weighted by Crippen LogP contribution is 2.16. The largest absolute Gasteiger partial charge is 0.356 e. The Bertz CT molecular complexity index is 511. The van der Waals surface area contributed by atoms with E-state index in [1.54, 1.807) is 11.3 Å². The number of thiazole rings is 1. The van der Waals surface area contributed by atoms with Gasteiger partial charge in [0, 0.05) is 50.7 Å². The number of aromatic nitrogens is 1. The Hall–Kier alpha value is -1.14. The molecule has 1 aliphatic heterocycles. The van der Waals surface area contributed by atoms with Crippen LogP contribution in [0.4, 0.5) is 0 Å². The molecule has 1 aromatic rings. The topological polar surface area (TPSA) is 52.6 Å². The summed E-state index contributed by atoms with van der Waals surface area (Å²) in [5.41, 5.74) is 0. The van der Waals surface area contributed by atoms with Crippen molar-refractivity contribution in [1.29, 1.82) is 0 Å². The summed E-state index contributed by atoms with van der Waals surface area (Å²) >= 11 is 1.77. The van der Waals surface area contributed by atoms with Crippen molar-refractivity contribution in [3.63, 3.8) is 0 Å². The lowest BCUT2D eigenvalue weighted by molar-refractivity contribution is 0.159. The van der Waals surface area contributed by atoms with Gasteiger partial charge >= 0.3 is 0 Å². The van der Waals surface area contributed by atoms with Crippen molar-refractivity contribution in [3.8, 4) is 0 Å². The van der Waals surface area contributed by atoms with E-state index in [0.29, 0.717) is 0 Å². The molecule has 0 radical (unpaired) electrons. The summed E-state index contributed by atoms with van der Waals surface area (Å²) in [5.74, 6) is 2.38.